The van der Waals surface area contributed by atoms with Crippen molar-refractivity contribution in [3.63, 3.8) is 0 Å². The molecule has 0 aliphatic carbocycles. The first-order valence-corrected chi connectivity index (χ1v) is 5.19. The van der Waals surface area contributed by atoms with Crippen molar-refractivity contribution in [1.29, 1.82) is 0 Å². The van der Waals surface area contributed by atoms with Crippen molar-refractivity contribution < 1.29 is 13.6 Å². The summed E-state index contributed by atoms with van der Waals surface area (Å²) in [6.45, 7) is 1.53. The summed E-state index contributed by atoms with van der Waals surface area (Å²) in [7, 11) is 0. The third kappa shape index (κ3) is 2.23. The molecule has 0 amide bonds. The summed E-state index contributed by atoms with van der Waals surface area (Å²) >= 11 is 10.2. The average Bonchev–Trinajstić information content (AvgIpc) is 2.58. The van der Waals surface area contributed by atoms with Gasteiger partial charge in [-0.25, -0.2) is 9.50 Å². The van der Waals surface area contributed by atoms with E-state index in [1.165, 1.54) is 13.0 Å². The van der Waals surface area contributed by atoms with Crippen LogP contribution in [0.2, 0.25) is 0 Å². The summed E-state index contributed by atoms with van der Waals surface area (Å²) in [5.74, 6) is 0. The monoisotopic (exact) mass is 279 g/mol. The first-order valence-electron chi connectivity index (χ1n) is 4.43. The van der Waals surface area contributed by atoms with Crippen molar-refractivity contribution in [2.45, 2.75) is 12.3 Å². The van der Waals surface area contributed by atoms with Crippen LogP contribution in [0.15, 0.2) is 12.1 Å². The lowest BCUT2D eigenvalue weighted by molar-refractivity contribution is 0.0869. The van der Waals surface area contributed by atoms with Crippen molar-refractivity contribution in [2.24, 2.45) is 0 Å². The van der Waals surface area contributed by atoms with E-state index >= 15 is 0 Å². The molecule has 0 saturated heterocycles. The van der Waals surface area contributed by atoms with E-state index < -0.39 is 16.3 Å². The molecule has 0 bridgehead atoms. The van der Waals surface area contributed by atoms with E-state index in [0.29, 0.717) is 5.69 Å². The molecule has 4 nitrogen and oxygen atoms in total. The SMILES string of the molecule is Cc1cc(C(F)(F)Cl)n2nc(C(=O)Cl)cc2n1. The standard InChI is InChI=1S/C9H5Cl2F2N3O/c1-4-2-6(9(11,12)13)16-7(14-4)3-5(15-16)8(10)17/h2-3H,1H3. The lowest BCUT2D eigenvalue weighted by Crippen LogP contribution is -2.13. The Hall–Kier alpha value is -1.27. The quantitative estimate of drug-likeness (QED) is 0.627. The minimum Gasteiger partial charge on any atom is -0.274 e. The van der Waals surface area contributed by atoms with Gasteiger partial charge in [0.15, 0.2) is 5.65 Å². The maximum atomic E-state index is 13.1. The number of hydrogen-bond acceptors (Lipinski definition) is 3. The third-order valence-electron chi connectivity index (χ3n) is 2.05. The van der Waals surface area contributed by atoms with Gasteiger partial charge in [0.25, 0.3) is 5.24 Å². The van der Waals surface area contributed by atoms with E-state index in [9.17, 15) is 13.6 Å². The fourth-order valence-corrected chi connectivity index (χ4v) is 1.63. The molecular formula is C9H5Cl2F2N3O. The third-order valence-corrected chi connectivity index (χ3v) is 2.43. The molecule has 0 atom stereocenters. The second kappa shape index (κ2) is 3.89. The molecule has 2 rings (SSSR count). The molecule has 2 heterocycles. The second-order valence-corrected chi connectivity index (χ2v) is 4.17. The van der Waals surface area contributed by atoms with Gasteiger partial charge in [0.2, 0.25) is 0 Å². The van der Waals surface area contributed by atoms with E-state index in [2.05, 4.69) is 10.1 Å². The smallest absolute Gasteiger partial charge is 0.274 e. The van der Waals surface area contributed by atoms with Gasteiger partial charge in [-0.15, -0.1) is 0 Å². The largest absolute Gasteiger partial charge is 0.364 e. The fraction of sp³-hybridized carbons (Fsp3) is 0.222. The van der Waals surface area contributed by atoms with Crippen LogP contribution >= 0.6 is 23.2 Å². The van der Waals surface area contributed by atoms with Gasteiger partial charge in [-0.3, -0.25) is 4.79 Å². The van der Waals surface area contributed by atoms with Crippen LogP contribution in [0.3, 0.4) is 0 Å². The summed E-state index contributed by atoms with van der Waals surface area (Å²) in [4.78, 5) is 14.9. The molecule has 0 unspecified atom stereocenters. The highest BCUT2D eigenvalue weighted by Gasteiger charge is 2.32. The zero-order valence-electron chi connectivity index (χ0n) is 8.42. The fourth-order valence-electron chi connectivity index (χ4n) is 1.40. The normalized spacial score (nSPS) is 12.1. The first kappa shape index (κ1) is 12.2. The topological polar surface area (TPSA) is 47.3 Å². The zero-order chi connectivity index (χ0) is 12.8. The molecule has 0 fully saturated rings. The number of alkyl halides is 3. The van der Waals surface area contributed by atoms with Gasteiger partial charge in [-0.2, -0.15) is 13.9 Å². The number of fused-ring (bicyclic) bond motifs is 1. The van der Waals surface area contributed by atoms with Gasteiger partial charge in [0.05, 0.1) is 0 Å². The van der Waals surface area contributed by atoms with E-state index in [-0.39, 0.29) is 11.3 Å². The Morgan fingerprint density at radius 3 is 2.65 bits per heavy atom. The number of nitrogens with zero attached hydrogens (tertiary/aromatic N) is 3. The second-order valence-electron chi connectivity index (χ2n) is 3.35. The number of carbonyl (C=O) groups is 1. The maximum absolute atomic E-state index is 13.1. The minimum absolute atomic E-state index is 0.0873. The molecular weight excluding hydrogens is 275 g/mol. The molecule has 90 valence electrons. The lowest BCUT2D eigenvalue weighted by atomic mass is 10.3. The molecule has 2 aromatic heterocycles. The van der Waals surface area contributed by atoms with Crippen LogP contribution in [0.25, 0.3) is 5.65 Å². The Bertz CT molecular complexity index is 606. The number of aryl methyl sites for hydroxylation is 1. The molecule has 0 N–H and O–H groups in total. The van der Waals surface area contributed by atoms with Crippen molar-refractivity contribution in [3.05, 3.63) is 29.2 Å². The van der Waals surface area contributed by atoms with Crippen LogP contribution in [0.5, 0.6) is 0 Å². The number of rotatable bonds is 2. The number of aromatic nitrogens is 3. The highest BCUT2D eigenvalue weighted by molar-refractivity contribution is 6.67. The van der Waals surface area contributed by atoms with Crippen molar-refractivity contribution in [3.8, 4) is 0 Å². The minimum atomic E-state index is -3.61. The molecule has 0 aliphatic rings. The van der Waals surface area contributed by atoms with Gasteiger partial charge >= 0.3 is 5.38 Å². The predicted octanol–water partition coefficient (Wildman–Crippen LogP) is 2.70. The van der Waals surface area contributed by atoms with Gasteiger partial charge in [0, 0.05) is 11.8 Å². The van der Waals surface area contributed by atoms with E-state index in [1.54, 1.807) is 0 Å². The molecule has 0 saturated carbocycles. The Labute approximate surface area is 104 Å². The number of hydrogen-bond donors (Lipinski definition) is 0. The van der Waals surface area contributed by atoms with Gasteiger partial charge < -0.3 is 0 Å². The molecule has 0 aromatic carbocycles. The highest BCUT2D eigenvalue weighted by Crippen LogP contribution is 2.32. The van der Waals surface area contributed by atoms with Crippen molar-refractivity contribution >= 4 is 34.1 Å². The van der Waals surface area contributed by atoms with Crippen LogP contribution in [-0.2, 0) is 5.38 Å². The average molecular weight is 280 g/mol. The maximum Gasteiger partial charge on any atom is 0.364 e. The van der Waals surface area contributed by atoms with Gasteiger partial charge in [-0.05, 0) is 36.2 Å². The van der Waals surface area contributed by atoms with Crippen LogP contribution in [-0.4, -0.2) is 19.8 Å². The molecule has 17 heavy (non-hydrogen) atoms. The van der Waals surface area contributed by atoms with E-state index in [1.807, 2.05) is 0 Å². The molecule has 0 aliphatic heterocycles. The summed E-state index contributed by atoms with van der Waals surface area (Å²) < 4.78 is 27.1. The lowest BCUT2D eigenvalue weighted by Gasteiger charge is -2.10. The van der Waals surface area contributed by atoms with Gasteiger partial charge in [-0.1, -0.05) is 0 Å². The molecule has 8 heteroatoms. The molecule has 0 spiro atoms. The Kier molecular flexibility index (Phi) is 2.79. The summed E-state index contributed by atoms with van der Waals surface area (Å²) in [6, 6.07) is 2.31. The number of carbonyl (C=O) groups excluding carboxylic acids is 1. The summed E-state index contributed by atoms with van der Waals surface area (Å²) in [6.07, 6.45) is 0. The highest BCUT2D eigenvalue weighted by atomic mass is 35.5. The van der Waals surface area contributed by atoms with E-state index in [4.69, 9.17) is 23.2 Å². The first-order chi connectivity index (χ1) is 7.79. The van der Waals surface area contributed by atoms with E-state index in [0.717, 1.165) is 10.6 Å². The molecule has 0 radical (unpaired) electrons. The predicted molar refractivity (Wildman–Crippen MR) is 57.7 cm³/mol. The Morgan fingerprint density at radius 1 is 1.47 bits per heavy atom. The van der Waals surface area contributed by atoms with Crippen LogP contribution < -0.4 is 0 Å². The molecule has 2 aromatic rings. The Balaban J connectivity index is 2.79. The summed E-state index contributed by atoms with van der Waals surface area (Å²) in [5, 5.41) is -0.829. The van der Waals surface area contributed by atoms with Crippen LogP contribution in [0, 0.1) is 6.92 Å². The summed E-state index contributed by atoms with van der Waals surface area (Å²) in [5.41, 5.74) is -0.302. The van der Waals surface area contributed by atoms with Crippen molar-refractivity contribution in [2.75, 3.05) is 0 Å². The van der Waals surface area contributed by atoms with Crippen LogP contribution in [0.4, 0.5) is 8.78 Å². The van der Waals surface area contributed by atoms with Gasteiger partial charge in [0.1, 0.15) is 11.4 Å². The van der Waals surface area contributed by atoms with Crippen LogP contribution in [0.1, 0.15) is 21.9 Å². The number of halogens is 4. The van der Waals surface area contributed by atoms with Crippen molar-refractivity contribution in [1.82, 2.24) is 14.6 Å². The Morgan fingerprint density at radius 2 is 2.12 bits per heavy atom. The zero-order valence-corrected chi connectivity index (χ0v) is 9.93.